The largest absolute Gasteiger partial charge is 0.405 e. The topological polar surface area (TPSA) is 86.7 Å². The molecule has 0 radical (unpaired) electrons. The van der Waals surface area contributed by atoms with Crippen molar-refractivity contribution < 1.29 is 51.5 Å². The van der Waals surface area contributed by atoms with Crippen molar-refractivity contribution >= 4 is 20.2 Å². The van der Waals surface area contributed by atoms with Gasteiger partial charge in [0.1, 0.15) is 0 Å². The summed E-state index contributed by atoms with van der Waals surface area (Å²) < 4.78 is 122. The molecule has 0 bridgehead atoms. The second kappa shape index (κ2) is 7.79. The minimum atomic E-state index is -4.96. The van der Waals surface area contributed by atoms with Gasteiger partial charge in [0.2, 0.25) is 0 Å². The average molecular weight is 382 g/mol. The molecule has 0 unspecified atom stereocenters. The number of rotatable bonds is 9. The Bertz CT molecular complexity index is 484. The Kier molecular flexibility index (Phi) is 7.57. The highest BCUT2D eigenvalue weighted by molar-refractivity contribution is 7.87. The van der Waals surface area contributed by atoms with Gasteiger partial charge < -0.3 is 0 Å². The van der Waals surface area contributed by atoms with Gasteiger partial charge in [-0.3, -0.25) is 8.37 Å². The van der Waals surface area contributed by atoms with Gasteiger partial charge in [0.15, 0.2) is 11.5 Å². The predicted molar refractivity (Wildman–Crippen MR) is 60.8 cm³/mol. The van der Waals surface area contributed by atoms with E-state index in [0.29, 0.717) is 0 Å². The summed E-state index contributed by atoms with van der Waals surface area (Å²) in [6.45, 7) is -1.36. The van der Waals surface area contributed by atoms with Gasteiger partial charge in [-0.1, -0.05) is 0 Å². The number of alkyl halides is 6. The van der Waals surface area contributed by atoms with Gasteiger partial charge in [0.25, 0.3) is 20.2 Å². The fourth-order valence-electron chi connectivity index (χ4n) is 1.06. The molecule has 0 aromatic heterocycles. The van der Waals surface area contributed by atoms with Crippen LogP contribution in [0.15, 0.2) is 0 Å². The third-order valence-electron chi connectivity index (χ3n) is 1.75. The maximum absolute atomic E-state index is 11.8. The second-order valence-electron chi connectivity index (χ2n) is 3.99. The third-order valence-corrected chi connectivity index (χ3v) is 4.16. The Hall–Kier alpha value is -0.600. The van der Waals surface area contributed by atoms with Gasteiger partial charge in [-0.2, -0.15) is 43.2 Å². The van der Waals surface area contributed by atoms with Gasteiger partial charge in [0, 0.05) is 0 Å². The first-order chi connectivity index (χ1) is 9.62. The van der Waals surface area contributed by atoms with Gasteiger partial charge in [-0.25, -0.2) is 0 Å². The van der Waals surface area contributed by atoms with Crippen LogP contribution in [0.4, 0.5) is 26.3 Å². The summed E-state index contributed by atoms with van der Waals surface area (Å²) in [6.07, 6.45) is -10.4. The Labute approximate surface area is 122 Å². The fourth-order valence-corrected chi connectivity index (χ4v) is 2.77. The molecule has 0 aromatic rings. The lowest BCUT2D eigenvalue weighted by Gasteiger charge is -2.09. The van der Waals surface area contributed by atoms with E-state index in [0.717, 1.165) is 0 Å². The standard InChI is InChI=1S/C8H12F6O6S2/c9-7(10,11)5-21(15,16)19-3-1-2-4-20-22(17,18)6-8(12,13)14/h1-6H2. The number of halogens is 6. The monoisotopic (exact) mass is 382 g/mol. The maximum Gasteiger partial charge on any atom is 0.405 e. The van der Waals surface area contributed by atoms with Crippen molar-refractivity contribution in [2.75, 3.05) is 24.7 Å². The highest BCUT2D eigenvalue weighted by Gasteiger charge is 2.36. The SMILES string of the molecule is O=S(=O)(CC(F)(F)F)OCCCCOS(=O)(=O)CC(F)(F)F. The van der Waals surface area contributed by atoms with Gasteiger partial charge in [0.05, 0.1) is 13.2 Å². The Balaban J connectivity index is 3.97. The predicted octanol–water partition coefficient (Wildman–Crippen LogP) is 1.58. The molecule has 0 spiro atoms. The van der Waals surface area contributed by atoms with Gasteiger partial charge >= 0.3 is 12.4 Å². The molecule has 0 aromatic carbocycles. The molecule has 0 heterocycles. The number of unbranched alkanes of at least 4 members (excludes halogenated alkanes) is 1. The van der Waals surface area contributed by atoms with E-state index >= 15 is 0 Å². The van der Waals surface area contributed by atoms with E-state index in [1.165, 1.54) is 0 Å². The van der Waals surface area contributed by atoms with E-state index in [-0.39, 0.29) is 12.8 Å². The molecule has 0 aliphatic rings. The summed E-state index contributed by atoms with van der Waals surface area (Å²) in [6, 6.07) is 0. The van der Waals surface area contributed by atoms with Crippen molar-refractivity contribution in [3.8, 4) is 0 Å². The van der Waals surface area contributed by atoms with Crippen molar-refractivity contribution in [2.45, 2.75) is 25.2 Å². The van der Waals surface area contributed by atoms with E-state index in [4.69, 9.17) is 0 Å². The quantitative estimate of drug-likeness (QED) is 0.342. The molecule has 0 atom stereocenters. The maximum atomic E-state index is 11.8. The highest BCUT2D eigenvalue weighted by atomic mass is 32.2. The fraction of sp³-hybridized carbons (Fsp3) is 1.00. The summed E-state index contributed by atoms with van der Waals surface area (Å²) in [5.74, 6) is -4.34. The zero-order valence-corrected chi connectivity index (χ0v) is 12.4. The Morgan fingerprint density at radius 3 is 1.14 bits per heavy atom. The lowest BCUT2D eigenvalue weighted by Crippen LogP contribution is -2.25. The smallest absolute Gasteiger partial charge is 0.270 e. The molecule has 0 aliphatic heterocycles. The van der Waals surface area contributed by atoms with Crippen LogP contribution in [0.5, 0.6) is 0 Å². The third kappa shape index (κ3) is 13.1. The lowest BCUT2D eigenvalue weighted by atomic mass is 10.3. The summed E-state index contributed by atoms with van der Waals surface area (Å²) in [5, 5.41) is 0. The minimum absolute atomic E-state index is 0.224. The molecule has 0 saturated carbocycles. The summed E-state index contributed by atoms with van der Waals surface area (Å²) in [5.41, 5.74) is 0. The molecule has 14 heteroatoms. The van der Waals surface area contributed by atoms with Crippen LogP contribution in [0.2, 0.25) is 0 Å². The molecule has 22 heavy (non-hydrogen) atoms. The number of hydrogen-bond acceptors (Lipinski definition) is 6. The lowest BCUT2D eigenvalue weighted by molar-refractivity contribution is -0.108. The molecule has 0 saturated heterocycles. The Morgan fingerprint density at radius 1 is 0.636 bits per heavy atom. The molecule has 134 valence electrons. The van der Waals surface area contributed by atoms with Crippen LogP contribution >= 0.6 is 0 Å². The van der Waals surface area contributed by atoms with Crippen molar-refractivity contribution in [2.24, 2.45) is 0 Å². The molecule has 0 N–H and O–H groups in total. The van der Waals surface area contributed by atoms with Crippen LogP contribution in [0.3, 0.4) is 0 Å². The zero-order chi connectivity index (χ0) is 17.7. The molecule has 0 fully saturated rings. The van der Waals surface area contributed by atoms with E-state index in [1.807, 2.05) is 0 Å². The van der Waals surface area contributed by atoms with Crippen LogP contribution in [0, 0.1) is 0 Å². The Morgan fingerprint density at radius 2 is 0.909 bits per heavy atom. The average Bonchev–Trinajstić information content (AvgIpc) is 2.15. The van der Waals surface area contributed by atoms with E-state index in [9.17, 15) is 43.2 Å². The van der Waals surface area contributed by atoms with Crippen LogP contribution in [0.1, 0.15) is 12.8 Å². The van der Waals surface area contributed by atoms with E-state index in [2.05, 4.69) is 8.37 Å². The second-order valence-corrected chi connectivity index (χ2v) is 7.26. The molecule has 6 nitrogen and oxygen atoms in total. The zero-order valence-electron chi connectivity index (χ0n) is 10.8. The summed E-state index contributed by atoms with van der Waals surface area (Å²) in [4.78, 5) is 0. The molecule has 0 rings (SSSR count). The van der Waals surface area contributed by atoms with Crippen molar-refractivity contribution in [3.63, 3.8) is 0 Å². The molecular formula is C8H12F6O6S2. The van der Waals surface area contributed by atoms with Gasteiger partial charge in [-0.05, 0) is 12.8 Å². The van der Waals surface area contributed by atoms with Crippen LogP contribution in [0.25, 0.3) is 0 Å². The van der Waals surface area contributed by atoms with Crippen LogP contribution in [-0.2, 0) is 28.6 Å². The van der Waals surface area contributed by atoms with Crippen molar-refractivity contribution in [3.05, 3.63) is 0 Å². The van der Waals surface area contributed by atoms with Crippen molar-refractivity contribution in [1.82, 2.24) is 0 Å². The first-order valence-corrected chi connectivity index (χ1v) is 8.65. The molecule has 0 aliphatic carbocycles. The molecular weight excluding hydrogens is 370 g/mol. The summed E-state index contributed by atoms with van der Waals surface area (Å²) in [7, 11) is -9.62. The van der Waals surface area contributed by atoms with E-state index in [1.54, 1.807) is 0 Å². The highest BCUT2D eigenvalue weighted by Crippen LogP contribution is 2.19. The van der Waals surface area contributed by atoms with Gasteiger partial charge in [-0.15, -0.1) is 0 Å². The van der Waals surface area contributed by atoms with Crippen molar-refractivity contribution in [1.29, 1.82) is 0 Å². The normalized spacial score (nSPS) is 14.3. The van der Waals surface area contributed by atoms with Crippen LogP contribution in [-0.4, -0.2) is 53.9 Å². The first kappa shape index (κ1) is 21.4. The number of hydrogen-bond donors (Lipinski definition) is 0. The van der Waals surface area contributed by atoms with E-state index < -0.39 is 57.3 Å². The molecule has 0 amide bonds. The summed E-state index contributed by atoms with van der Waals surface area (Å²) >= 11 is 0. The first-order valence-electron chi connectivity index (χ1n) is 5.50. The minimum Gasteiger partial charge on any atom is -0.270 e. The van der Waals surface area contributed by atoms with Crippen LogP contribution < -0.4 is 0 Å².